The van der Waals surface area contributed by atoms with Gasteiger partial charge in [-0.3, -0.25) is 9.00 Å². The largest absolute Gasteiger partial charge is 0.755 e. The molecule has 2 rings (SSSR count). The number of aromatic nitrogens is 1. The number of hydrogen-bond donors (Lipinski definition) is 1. The summed E-state index contributed by atoms with van der Waals surface area (Å²) in [6, 6.07) is 5.70. The highest BCUT2D eigenvalue weighted by molar-refractivity contribution is 7.80. The van der Waals surface area contributed by atoms with Crippen LogP contribution in [-0.2, 0) is 28.8 Å². The van der Waals surface area contributed by atoms with Crippen molar-refractivity contribution in [1.82, 2.24) is 10.3 Å². The average Bonchev–Trinajstić information content (AvgIpc) is 2.74. The Morgan fingerprint density at radius 3 is 2.45 bits per heavy atom. The Morgan fingerprint density at radius 2 is 1.91 bits per heavy atom. The summed E-state index contributed by atoms with van der Waals surface area (Å²) in [7, 11) is 1.17. The third kappa shape index (κ3) is 7.13. The quantitative estimate of drug-likeness (QED) is 0.425. The van der Waals surface area contributed by atoms with Gasteiger partial charge in [0.15, 0.2) is 0 Å². The van der Waals surface area contributed by atoms with E-state index in [2.05, 4.69) is 10.3 Å². The van der Waals surface area contributed by atoms with E-state index in [1.54, 1.807) is 0 Å². The minimum absolute atomic E-state index is 0.0414. The molecule has 0 aliphatic rings. The third-order valence-electron chi connectivity index (χ3n) is 4.66. The predicted octanol–water partition coefficient (Wildman–Crippen LogP) is 3.92. The molecular formula is C21H24F4N3O4S-. The first kappa shape index (κ1) is 26.5. The van der Waals surface area contributed by atoms with Gasteiger partial charge in [0, 0.05) is 30.4 Å². The normalized spacial score (nSPS) is 13.5. The molecule has 12 heteroatoms. The second-order valence-corrected chi connectivity index (χ2v) is 8.71. The molecule has 1 N–H and O–H groups in total. The first-order chi connectivity index (χ1) is 15.3. The Kier molecular flexibility index (Phi) is 8.78. The number of carbonyl (C=O) groups is 1. The molecule has 1 aromatic carbocycles. The molecule has 1 heterocycles. The van der Waals surface area contributed by atoms with Gasteiger partial charge in [0.1, 0.15) is 11.5 Å². The number of benzene rings is 1. The van der Waals surface area contributed by atoms with E-state index < -0.39 is 40.8 Å². The van der Waals surface area contributed by atoms with Crippen molar-refractivity contribution in [2.24, 2.45) is 5.92 Å². The van der Waals surface area contributed by atoms with Crippen LogP contribution in [0.5, 0.6) is 5.88 Å². The van der Waals surface area contributed by atoms with Gasteiger partial charge in [0.25, 0.3) is 0 Å². The lowest BCUT2D eigenvalue weighted by Crippen LogP contribution is -2.28. The molecule has 1 amide bonds. The minimum atomic E-state index is -4.64. The van der Waals surface area contributed by atoms with E-state index in [1.807, 2.05) is 13.8 Å². The lowest BCUT2D eigenvalue weighted by Gasteiger charge is -2.22. The Hall–Kier alpha value is -2.73. The van der Waals surface area contributed by atoms with E-state index >= 15 is 0 Å². The average molecular weight is 490 g/mol. The lowest BCUT2D eigenvalue weighted by molar-refractivity contribution is -0.141. The summed E-state index contributed by atoms with van der Waals surface area (Å²) in [5, 5.41) is 2.59. The van der Waals surface area contributed by atoms with Gasteiger partial charge in [-0.25, -0.2) is 9.37 Å². The van der Waals surface area contributed by atoms with Crippen LogP contribution in [0.15, 0.2) is 30.3 Å². The molecule has 2 unspecified atom stereocenters. The topological polar surface area (TPSA) is 94.6 Å². The third-order valence-corrected chi connectivity index (χ3v) is 5.31. The van der Waals surface area contributed by atoms with E-state index in [-0.39, 0.29) is 36.2 Å². The van der Waals surface area contributed by atoms with Crippen molar-refractivity contribution >= 4 is 22.9 Å². The van der Waals surface area contributed by atoms with Gasteiger partial charge < -0.3 is 18.9 Å². The van der Waals surface area contributed by atoms with Crippen molar-refractivity contribution < 1.29 is 35.9 Å². The van der Waals surface area contributed by atoms with Crippen LogP contribution >= 0.6 is 0 Å². The summed E-state index contributed by atoms with van der Waals surface area (Å²) in [4.78, 5) is 16.1. The number of ether oxygens (including phenoxy) is 1. The SMILES string of the molecule is CC(C)COc1nc(C(F)(F)F)ccc1CNC(=O)C(C)c1ccc(N(C)S(=O)[O-])c(F)c1. The zero-order valence-corrected chi connectivity index (χ0v) is 19.2. The number of pyridine rings is 1. The number of nitrogens with zero attached hydrogens (tertiary/aromatic N) is 2. The van der Waals surface area contributed by atoms with Crippen LogP contribution in [0, 0.1) is 11.7 Å². The zero-order chi connectivity index (χ0) is 24.9. The van der Waals surface area contributed by atoms with Gasteiger partial charge in [-0.2, -0.15) is 13.2 Å². The van der Waals surface area contributed by atoms with Gasteiger partial charge >= 0.3 is 6.18 Å². The fourth-order valence-electron chi connectivity index (χ4n) is 2.75. The number of rotatable bonds is 9. The Morgan fingerprint density at radius 1 is 1.24 bits per heavy atom. The van der Waals surface area contributed by atoms with Crippen LogP contribution in [0.1, 0.15) is 43.5 Å². The summed E-state index contributed by atoms with van der Waals surface area (Å²) in [6.07, 6.45) is -4.64. The molecule has 1 aromatic heterocycles. The number of hydrogen-bond acceptors (Lipinski definition) is 5. The molecule has 2 aromatic rings. The Bertz CT molecular complexity index is 1020. The maximum atomic E-state index is 14.3. The first-order valence-electron chi connectivity index (χ1n) is 9.91. The van der Waals surface area contributed by atoms with E-state index in [9.17, 15) is 31.1 Å². The Balaban J connectivity index is 2.16. The van der Waals surface area contributed by atoms with Gasteiger partial charge in [-0.15, -0.1) is 0 Å². The van der Waals surface area contributed by atoms with Crippen LogP contribution < -0.4 is 14.4 Å². The minimum Gasteiger partial charge on any atom is -0.755 e. The summed E-state index contributed by atoms with van der Waals surface area (Å²) >= 11 is -2.66. The summed E-state index contributed by atoms with van der Waals surface area (Å²) in [6.45, 7) is 5.15. The molecule has 0 aliphatic carbocycles. The van der Waals surface area contributed by atoms with Crippen LogP contribution in [0.4, 0.5) is 23.2 Å². The van der Waals surface area contributed by atoms with Gasteiger partial charge in [-0.05, 0) is 42.7 Å². The van der Waals surface area contributed by atoms with Crippen molar-refractivity contribution in [3.8, 4) is 5.88 Å². The molecule has 0 radical (unpaired) electrons. The van der Waals surface area contributed by atoms with Gasteiger partial charge in [-0.1, -0.05) is 19.9 Å². The molecule has 0 saturated heterocycles. The number of nitrogens with one attached hydrogen (secondary N) is 1. The van der Waals surface area contributed by atoms with Crippen molar-refractivity contribution in [3.63, 3.8) is 0 Å². The highest BCUT2D eigenvalue weighted by atomic mass is 32.2. The molecule has 0 aliphatic heterocycles. The van der Waals surface area contributed by atoms with Crippen LogP contribution in [0.3, 0.4) is 0 Å². The molecule has 0 fully saturated rings. The number of amides is 1. The molecule has 0 saturated carbocycles. The second kappa shape index (κ2) is 10.9. The van der Waals surface area contributed by atoms with Crippen molar-refractivity contribution in [3.05, 3.63) is 53.0 Å². The van der Waals surface area contributed by atoms with E-state index in [1.165, 1.54) is 32.2 Å². The first-order valence-corrected chi connectivity index (χ1v) is 10.9. The summed E-state index contributed by atoms with van der Waals surface area (Å²) < 4.78 is 81.5. The molecule has 7 nitrogen and oxygen atoms in total. The molecule has 0 bridgehead atoms. The van der Waals surface area contributed by atoms with E-state index in [0.717, 1.165) is 12.1 Å². The molecule has 0 spiro atoms. The van der Waals surface area contributed by atoms with Crippen LogP contribution in [-0.4, -0.2) is 33.3 Å². The monoisotopic (exact) mass is 490 g/mol. The van der Waals surface area contributed by atoms with Crippen LogP contribution in [0.25, 0.3) is 0 Å². The second-order valence-electron chi connectivity index (χ2n) is 7.73. The highest BCUT2D eigenvalue weighted by Gasteiger charge is 2.33. The Labute approximate surface area is 191 Å². The summed E-state index contributed by atoms with van der Waals surface area (Å²) in [5.74, 6) is -2.35. The van der Waals surface area contributed by atoms with Crippen LogP contribution in [0.2, 0.25) is 0 Å². The van der Waals surface area contributed by atoms with Gasteiger partial charge in [0.05, 0.1) is 18.2 Å². The van der Waals surface area contributed by atoms with Crippen molar-refractivity contribution in [2.75, 3.05) is 18.0 Å². The maximum absolute atomic E-state index is 14.3. The zero-order valence-electron chi connectivity index (χ0n) is 18.4. The van der Waals surface area contributed by atoms with Gasteiger partial charge in [0.2, 0.25) is 11.8 Å². The lowest BCUT2D eigenvalue weighted by atomic mass is 9.99. The van der Waals surface area contributed by atoms with Crippen molar-refractivity contribution in [2.45, 2.75) is 39.4 Å². The maximum Gasteiger partial charge on any atom is 0.433 e. The molecule has 182 valence electrons. The van der Waals surface area contributed by atoms with Crippen molar-refractivity contribution in [1.29, 1.82) is 0 Å². The molecule has 2 atom stereocenters. The fourth-order valence-corrected chi connectivity index (χ4v) is 3.06. The number of anilines is 1. The van der Waals surface area contributed by atoms with E-state index in [4.69, 9.17) is 4.74 Å². The smallest absolute Gasteiger partial charge is 0.433 e. The number of halogens is 4. The number of alkyl halides is 3. The van der Waals surface area contributed by atoms with E-state index in [0.29, 0.717) is 9.87 Å². The standard InChI is InChI=1S/C21H25F4N3O4S/c1-12(2)11-32-20-15(6-8-18(27-20)21(23,24)25)10-26-19(29)13(3)14-5-7-17(16(22)9-14)28(4)33(30)31/h5-9,12-13H,10-11H2,1-4H3,(H,26,29)(H,30,31)/p-1. The highest BCUT2D eigenvalue weighted by Crippen LogP contribution is 2.30. The number of carbonyl (C=O) groups excluding carboxylic acids is 1. The summed E-state index contributed by atoms with van der Waals surface area (Å²) in [5.41, 5.74) is -0.738. The predicted molar refractivity (Wildman–Crippen MR) is 114 cm³/mol. The molecular weight excluding hydrogens is 466 g/mol. The fraction of sp³-hybridized carbons (Fsp3) is 0.429. The molecule has 33 heavy (non-hydrogen) atoms.